The highest BCUT2D eigenvalue weighted by Crippen LogP contribution is 2.50. The number of aromatic nitrogens is 1. The number of aryl methyl sites for hydroxylation is 1. The molecule has 0 bridgehead atoms. The fraction of sp³-hybridized carbons (Fsp3) is 0.400. The Morgan fingerprint density at radius 1 is 1.13 bits per heavy atom. The second kappa shape index (κ2) is 4.44. The smallest absolute Gasteiger partial charge is 0.240 e. The van der Waals surface area contributed by atoms with Gasteiger partial charge < -0.3 is 0 Å². The van der Waals surface area contributed by atoms with Crippen molar-refractivity contribution in [2.45, 2.75) is 51.5 Å². The largest absolute Gasteiger partial charge is 0.290 e. The third-order valence-corrected chi connectivity index (χ3v) is 5.14. The monoisotopic (exact) mass is 306 g/mol. The lowest BCUT2D eigenvalue weighted by Gasteiger charge is -2.33. The molecule has 0 N–H and O–H groups in total. The fourth-order valence-electron chi connectivity index (χ4n) is 4.14. The molecule has 4 rings (SSSR count). The number of amides is 1. The summed E-state index contributed by atoms with van der Waals surface area (Å²) < 4.78 is 0. The van der Waals surface area contributed by atoms with E-state index in [0.29, 0.717) is 0 Å². The van der Waals surface area contributed by atoms with Gasteiger partial charge in [-0.15, -0.1) is 0 Å². The van der Waals surface area contributed by atoms with Crippen LogP contribution in [0.3, 0.4) is 0 Å². The molecule has 1 aromatic carbocycles. The van der Waals surface area contributed by atoms with Gasteiger partial charge in [-0.25, -0.2) is 4.98 Å². The zero-order chi connectivity index (χ0) is 16.4. The molecule has 2 aliphatic rings. The van der Waals surface area contributed by atoms with Gasteiger partial charge in [0, 0.05) is 17.3 Å². The number of nitrogens with zero attached hydrogens (tertiary/aromatic N) is 2. The fourth-order valence-corrected chi connectivity index (χ4v) is 4.14. The number of anilines is 1. The average Bonchev–Trinajstić information content (AvgIpc) is 2.96. The van der Waals surface area contributed by atoms with E-state index in [0.717, 1.165) is 24.2 Å². The number of benzene rings is 1. The van der Waals surface area contributed by atoms with Gasteiger partial charge in [0.2, 0.25) is 5.91 Å². The van der Waals surface area contributed by atoms with Crippen molar-refractivity contribution in [2.75, 3.05) is 4.90 Å². The Labute approximate surface area is 137 Å². The number of carbonyl (C=O) groups excluding carboxylic acids is 1. The lowest BCUT2D eigenvalue weighted by Crippen LogP contribution is -2.49. The van der Waals surface area contributed by atoms with Crippen LogP contribution in [0.1, 0.15) is 43.0 Å². The number of pyridine rings is 1. The summed E-state index contributed by atoms with van der Waals surface area (Å²) >= 11 is 0. The first-order valence-electron chi connectivity index (χ1n) is 8.21. The van der Waals surface area contributed by atoms with Crippen LogP contribution in [0.15, 0.2) is 36.5 Å². The molecule has 0 saturated carbocycles. The molecule has 3 nitrogen and oxygen atoms in total. The minimum Gasteiger partial charge on any atom is -0.290 e. The van der Waals surface area contributed by atoms with Crippen LogP contribution in [0.4, 0.5) is 5.82 Å². The van der Waals surface area contributed by atoms with Crippen molar-refractivity contribution >= 4 is 11.7 Å². The summed E-state index contributed by atoms with van der Waals surface area (Å²) in [6.07, 6.45) is 3.36. The molecule has 0 radical (unpaired) electrons. The quantitative estimate of drug-likeness (QED) is 0.745. The third kappa shape index (κ3) is 1.89. The molecule has 118 valence electrons. The maximum Gasteiger partial charge on any atom is 0.240 e. The van der Waals surface area contributed by atoms with Gasteiger partial charge in [0.25, 0.3) is 0 Å². The molecule has 2 aromatic rings. The Kier molecular flexibility index (Phi) is 2.78. The van der Waals surface area contributed by atoms with Gasteiger partial charge in [-0.05, 0) is 57.7 Å². The van der Waals surface area contributed by atoms with Crippen molar-refractivity contribution < 1.29 is 4.79 Å². The van der Waals surface area contributed by atoms with E-state index >= 15 is 0 Å². The Morgan fingerprint density at radius 3 is 2.61 bits per heavy atom. The van der Waals surface area contributed by atoms with Crippen molar-refractivity contribution in [1.82, 2.24) is 4.98 Å². The van der Waals surface area contributed by atoms with Crippen LogP contribution in [0.5, 0.6) is 0 Å². The standard InChI is InChI=1S/C20H22N2O/c1-13-7-8-14-11-20(12-15(14)10-13)16-6-5-9-21-17(16)22(18(20)23)19(2,3)4/h5-10H,11-12H2,1-4H3/t20-/m1/s1. The molecule has 2 heterocycles. The molecule has 0 fully saturated rings. The van der Waals surface area contributed by atoms with E-state index in [4.69, 9.17) is 0 Å². The number of rotatable bonds is 0. The van der Waals surface area contributed by atoms with Crippen LogP contribution in [-0.2, 0) is 23.1 Å². The number of carbonyl (C=O) groups is 1. The van der Waals surface area contributed by atoms with E-state index < -0.39 is 5.41 Å². The van der Waals surface area contributed by atoms with Gasteiger partial charge in [0.1, 0.15) is 5.82 Å². The zero-order valence-electron chi connectivity index (χ0n) is 14.2. The lowest BCUT2D eigenvalue weighted by molar-refractivity contribution is -0.123. The number of hydrogen-bond acceptors (Lipinski definition) is 2. The molecule has 1 aliphatic heterocycles. The van der Waals surface area contributed by atoms with E-state index in [1.165, 1.54) is 16.7 Å². The molecule has 3 heteroatoms. The zero-order valence-corrected chi connectivity index (χ0v) is 14.2. The maximum absolute atomic E-state index is 13.5. The topological polar surface area (TPSA) is 33.2 Å². The van der Waals surface area contributed by atoms with Gasteiger partial charge in [-0.3, -0.25) is 9.69 Å². The van der Waals surface area contributed by atoms with Crippen LogP contribution in [0.2, 0.25) is 0 Å². The highest BCUT2D eigenvalue weighted by atomic mass is 16.2. The first kappa shape index (κ1) is 14.4. The summed E-state index contributed by atoms with van der Waals surface area (Å²) in [6.45, 7) is 8.34. The van der Waals surface area contributed by atoms with E-state index in [-0.39, 0.29) is 11.4 Å². The summed E-state index contributed by atoms with van der Waals surface area (Å²) in [4.78, 5) is 19.9. The molecule has 1 atom stereocenters. The van der Waals surface area contributed by atoms with Crippen LogP contribution < -0.4 is 4.90 Å². The van der Waals surface area contributed by atoms with E-state index in [1.807, 2.05) is 11.0 Å². The van der Waals surface area contributed by atoms with E-state index in [9.17, 15) is 4.79 Å². The van der Waals surface area contributed by atoms with Gasteiger partial charge in [-0.1, -0.05) is 29.8 Å². The molecule has 1 spiro atoms. The highest BCUT2D eigenvalue weighted by Gasteiger charge is 2.56. The van der Waals surface area contributed by atoms with E-state index in [2.05, 4.69) is 56.9 Å². The number of fused-ring (bicyclic) bond motifs is 3. The molecular formula is C20H22N2O. The Hall–Kier alpha value is -2.16. The Bertz CT molecular complexity index is 819. The minimum atomic E-state index is -0.465. The van der Waals surface area contributed by atoms with Gasteiger partial charge in [-0.2, -0.15) is 0 Å². The van der Waals surface area contributed by atoms with Gasteiger partial charge in [0.15, 0.2) is 0 Å². The van der Waals surface area contributed by atoms with Crippen LogP contribution in [-0.4, -0.2) is 16.4 Å². The summed E-state index contributed by atoms with van der Waals surface area (Å²) in [6, 6.07) is 10.6. The molecular weight excluding hydrogens is 284 g/mol. The number of hydrogen-bond donors (Lipinski definition) is 0. The van der Waals surface area contributed by atoms with Crippen molar-refractivity contribution in [2.24, 2.45) is 0 Å². The molecule has 0 unspecified atom stereocenters. The van der Waals surface area contributed by atoms with Crippen LogP contribution in [0.25, 0.3) is 0 Å². The Balaban J connectivity index is 1.90. The SMILES string of the molecule is Cc1ccc2c(c1)C[C@@]1(C2)C(=O)N(C(C)(C)C)c2ncccc21. The van der Waals surface area contributed by atoms with Gasteiger partial charge in [0.05, 0.1) is 5.41 Å². The molecule has 1 aliphatic carbocycles. The summed E-state index contributed by atoms with van der Waals surface area (Å²) in [5.41, 5.74) is 4.22. The second-order valence-corrected chi connectivity index (χ2v) is 7.89. The third-order valence-electron chi connectivity index (χ3n) is 5.14. The summed E-state index contributed by atoms with van der Waals surface area (Å²) in [5, 5.41) is 0. The summed E-state index contributed by atoms with van der Waals surface area (Å²) in [7, 11) is 0. The first-order chi connectivity index (χ1) is 10.8. The van der Waals surface area contributed by atoms with Crippen molar-refractivity contribution in [3.8, 4) is 0 Å². The highest BCUT2D eigenvalue weighted by molar-refractivity contribution is 6.09. The average molecular weight is 306 g/mol. The maximum atomic E-state index is 13.5. The normalized spacial score (nSPS) is 22.6. The van der Waals surface area contributed by atoms with Crippen molar-refractivity contribution in [3.63, 3.8) is 0 Å². The second-order valence-electron chi connectivity index (χ2n) is 7.89. The predicted octanol–water partition coefficient (Wildman–Crippen LogP) is 3.57. The first-order valence-corrected chi connectivity index (χ1v) is 8.21. The predicted molar refractivity (Wildman–Crippen MR) is 91.7 cm³/mol. The van der Waals surface area contributed by atoms with Crippen LogP contribution in [0, 0.1) is 6.92 Å². The minimum absolute atomic E-state index is 0.201. The summed E-state index contributed by atoms with van der Waals surface area (Å²) in [5.74, 6) is 1.04. The molecule has 0 saturated heterocycles. The van der Waals surface area contributed by atoms with Crippen molar-refractivity contribution in [3.05, 3.63) is 58.8 Å². The van der Waals surface area contributed by atoms with E-state index in [1.54, 1.807) is 6.20 Å². The van der Waals surface area contributed by atoms with Crippen molar-refractivity contribution in [1.29, 1.82) is 0 Å². The lowest BCUT2D eigenvalue weighted by atomic mass is 9.79. The van der Waals surface area contributed by atoms with Gasteiger partial charge >= 0.3 is 0 Å². The molecule has 1 aromatic heterocycles. The molecule has 1 amide bonds. The van der Waals surface area contributed by atoms with Crippen LogP contribution >= 0.6 is 0 Å². The Morgan fingerprint density at radius 2 is 1.87 bits per heavy atom. The molecule has 23 heavy (non-hydrogen) atoms.